The van der Waals surface area contributed by atoms with E-state index in [4.69, 9.17) is 0 Å². The van der Waals surface area contributed by atoms with Gasteiger partial charge in [0.1, 0.15) is 5.82 Å². The van der Waals surface area contributed by atoms with Gasteiger partial charge in [0.05, 0.1) is 12.2 Å². The zero-order valence-corrected chi connectivity index (χ0v) is 10.6. The molecule has 0 bridgehead atoms. The second kappa shape index (κ2) is 5.11. The van der Waals surface area contributed by atoms with Crippen molar-refractivity contribution in [3.8, 4) is 0 Å². The third-order valence-electron chi connectivity index (χ3n) is 1.94. The van der Waals surface area contributed by atoms with Gasteiger partial charge in [-0.05, 0) is 35.0 Å². The van der Waals surface area contributed by atoms with Crippen molar-refractivity contribution < 1.29 is 4.79 Å². The first-order valence-corrected chi connectivity index (χ1v) is 5.37. The van der Waals surface area contributed by atoms with Crippen molar-refractivity contribution in [2.24, 2.45) is 0 Å². The van der Waals surface area contributed by atoms with Gasteiger partial charge in [-0.25, -0.2) is 4.98 Å². The third-order valence-corrected chi connectivity index (χ3v) is 2.78. The van der Waals surface area contributed by atoms with E-state index in [1.807, 2.05) is 19.1 Å². The fraction of sp³-hybridized carbons (Fsp3) is 0.400. The summed E-state index contributed by atoms with van der Waals surface area (Å²) in [4.78, 5) is 17.1. The van der Waals surface area contributed by atoms with Crippen LogP contribution in [0.15, 0.2) is 16.6 Å². The Bertz CT molecular complexity index is 366. The molecule has 0 saturated carbocycles. The Kier molecular flexibility index (Phi) is 4.08. The summed E-state index contributed by atoms with van der Waals surface area (Å²) >= 11 is 3.37. The summed E-state index contributed by atoms with van der Waals surface area (Å²) in [6, 6.07) is 3.74. The van der Waals surface area contributed by atoms with Crippen molar-refractivity contribution >= 4 is 27.7 Å². The fourth-order valence-corrected chi connectivity index (χ4v) is 1.19. The van der Waals surface area contributed by atoms with Gasteiger partial charge >= 0.3 is 0 Å². The van der Waals surface area contributed by atoms with Crippen LogP contribution in [0.25, 0.3) is 0 Å². The van der Waals surface area contributed by atoms with E-state index in [1.165, 1.54) is 0 Å². The van der Waals surface area contributed by atoms with Gasteiger partial charge in [-0.15, -0.1) is 0 Å². The van der Waals surface area contributed by atoms with E-state index in [9.17, 15) is 4.79 Å². The summed E-state index contributed by atoms with van der Waals surface area (Å²) in [5.74, 6) is 0.739. The lowest BCUT2D eigenvalue weighted by molar-refractivity contribution is -0.126. The van der Waals surface area contributed by atoms with Crippen LogP contribution < -0.4 is 5.32 Å². The number of rotatable bonds is 3. The average Bonchev–Trinajstić information content (AvgIpc) is 2.19. The Morgan fingerprint density at radius 2 is 2.20 bits per heavy atom. The lowest BCUT2D eigenvalue weighted by atomic mass is 10.3. The molecule has 82 valence electrons. The van der Waals surface area contributed by atoms with Crippen LogP contribution in [-0.2, 0) is 4.79 Å². The van der Waals surface area contributed by atoms with Crippen molar-refractivity contribution in [3.05, 3.63) is 22.3 Å². The number of nitrogens with zero attached hydrogens (tertiary/aromatic N) is 2. The molecule has 15 heavy (non-hydrogen) atoms. The van der Waals surface area contributed by atoms with Crippen LogP contribution in [0.2, 0.25) is 0 Å². The molecule has 0 spiro atoms. The van der Waals surface area contributed by atoms with Crippen molar-refractivity contribution in [3.63, 3.8) is 0 Å². The number of carbonyl (C=O) groups excluding carboxylic acids is 1. The molecule has 0 aliphatic carbocycles. The lowest BCUT2D eigenvalue weighted by Crippen LogP contribution is -2.28. The van der Waals surface area contributed by atoms with Gasteiger partial charge in [0, 0.05) is 18.6 Å². The molecule has 1 aromatic heterocycles. The summed E-state index contributed by atoms with van der Waals surface area (Å²) < 4.78 is 0.965. The molecule has 1 rings (SSSR count). The Hall–Kier alpha value is -1.10. The largest absolute Gasteiger partial charge is 0.361 e. The molecule has 0 aliphatic heterocycles. The van der Waals surface area contributed by atoms with Crippen LogP contribution in [0.1, 0.15) is 5.69 Å². The summed E-state index contributed by atoms with van der Waals surface area (Å²) in [7, 11) is 3.45. The average molecular weight is 272 g/mol. The smallest absolute Gasteiger partial charge is 0.241 e. The zero-order valence-electron chi connectivity index (χ0n) is 9.04. The zero-order chi connectivity index (χ0) is 11.4. The van der Waals surface area contributed by atoms with E-state index >= 15 is 0 Å². The number of halogens is 1. The minimum atomic E-state index is 0.0253. The lowest BCUT2D eigenvalue weighted by Gasteiger charge is -2.11. The number of nitrogens with one attached hydrogen (secondary N) is 1. The van der Waals surface area contributed by atoms with E-state index in [0.29, 0.717) is 5.82 Å². The molecule has 1 heterocycles. The van der Waals surface area contributed by atoms with E-state index < -0.39 is 0 Å². The van der Waals surface area contributed by atoms with Crippen molar-refractivity contribution in [2.75, 3.05) is 26.0 Å². The van der Waals surface area contributed by atoms with Gasteiger partial charge in [-0.1, -0.05) is 0 Å². The minimum Gasteiger partial charge on any atom is -0.361 e. The fourth-order valence-electron chi connectivity index (χ4n) is 0.967. The Morgan fingerprint density at radius 1 is 1.53 bits per heavy atom. The molecule has 0 aromatic carbocycles. The van der Waals surface area contributed by atoms with Crippen LogP contribution in [0.3, 0.4) is 0 Å². The normalized spacial score (nSPS) is 9.87. The molecule has 0 atom stereocenters. The number of hydrogen-bond donors (Lipinski definition) is 1. The predicted octanol–water partition coefficient (Wildman–Crippen LogP) is 1.65. The number of carbonyl (C=O) groups is 1. The SMILES string of the molecule is Cc1nc(NCC(=O)N(C)C)ccc1Br. The van der Waals surface area contributed by atoms with Crippen LogP contribution in [0.4, 0.5) is 5.82 Å². The van der Waals surface area contributed by atoms with Gasteiger partial charge in [0.15, 0.2) is 0 Å². The monoisotopic (exact) mass is 271 g/mol. The maximum Gasteiger partial charge on any atom is 0.241 e. The second-order valence-electron chi connectivity index (χ2n) is 3.41. The highest BCUT2D eigenvalue weighted by atomic mass is 79.9. The van der Waals surface area contributed by atoms with Crippen LogP contribution >= 0.6 is 15.9 Å². The first kappa shape index (κ1) is 12.0. The van der Waals surface area contributed by atoms with Gasteiger partial charge < -0.3 is 10.2 Å². The third kappa shape index (κ3) is 3.51. The first-order chi connectivity index (χ1) is 7.00. The molecule has 1 aromatic rings. The molecular weight excluding hydrogens is 258 g/mol. The molecule has 0 radical (unpaired) electrons. The molecule has 1 amide bonds. The molecule has 4 nitrogen and oxygen atoms in total. The number of hydrogen-bond acceptors (Lipinski definition) is 3. The Labute approximate surface area is 97.8 Å². The number of likely N-dealkylation sites (N-methyl/N-ethyl adjacent to an activating group) is 1. The summed E-state index contributed by atoms with van der Waals surface area (Å²) in [5, 5.41) is 2.97. The van der Waals surface area contributed by atoms with Gasteiger partial charge in [0.25, 0.3) is 0 Å². The number of anilines is 1. The highest BCUT2D eigenvalue weighted by molar-refractivity contribution is 9.10. The number of aryl methyl sites for hydroxylation is 1. The van der Waals surface area contributed by atoms with Crippen molar-refractivity contribution in [1.82, 2.24) is 9.88 Å². The van der Waals surface area contributed by atoms with Crippen molar-refractivity contribution in [2.45, 2.75) is 6.92 Å². The number of aromatic nitrogens is 1. The van der Waals surface area contributed by atoms with Crippen LogP contribution in [0.5, 0.6) is 0 Å². The maximum atomic E-state index is 11.3. The molecule has 1 N–H and O–H groups in total. The van der Waals surface area contributed by atoms with Crippen molar-refractivity contribution in [1.29, 1.82) is 0 Å². The molecule has 5 heteroatoms. The van der Waals surface area contributed by atoms with E-state index in [1.54, 1.807) is 19.0 Å². The highest BCUT2D eigenvalue weighted by Gasteiger charge is 2.04. The Morgan fingerprint density at radius 3 is 2.73 bits per heavy atom. The Balaban J connectivity index is 2.58. The molecule has 0 unspecified atom stereocenters. The predicted molar refractivity (Wildman–Crippen MR) is 63.9 cm³/mol. The van der Waals surface area contributed by atoms with E-state index in [2.05, 4.69) is 26.2 Å². The molecule has 0 saturated heterocycles. The van der Waals surface area contributed by atoms with Gasteiger partial charge in [0.2, 0.25) is 5.91 Å². The molecular formula is C10H14BrN3O. The van der Waals surface area contributed by atoms with E-state index in [0.717, 1.165) is 10.2 Å². The quantitative estimate of drug-likeness (QED) is 0.910. The van der Waals surface area contributed by atoms with Crippen LogP contribution in [0, 0.1) is 6.92 Å². The molecule has 0 aliphatic rings. The maximum absolute atomic E-state index is 11.3. The summed E-state index contributed by atoms with van der Waals surface area (Å²) in [6.45, 7) is 2.17. The first-order valence-electron chi connectivity index (χ1n) is 4.58. The van der Waals surface area contributed by atoms with E-state index in [-0.39, 0.29) is 12.5 Å². The highest BCUT2D eigenvalue weighted by Crippen LogP contribution is 2.15. The summed E-state index contributed by atoms with van der Waals surface area (Å²) in [5.41, 5.74) is 0.900. The van der Waals surface area contributed by atoms with Crippen LogP contribution in [-0.4, -0.2) is 36.4 Å². The summed E-state index contributed by atoms with van der Waals surface area (Å²) in [6.07, 6.45) is 0. The minimum absolute atomic E-state index is 0.0253. The van der Waals surface area contributed by atoms with Gasteiger partial charge in [-0.3, -0.25) is 4.79 Å². The topological polar surface area (TPSA) is 45.2 Å². The molecule has 0 fully saturated rings. The second-order valence-corrected chi connectivity index (χ2v) is 4.26. The number of pyridine rings is 1. The number of amides is 1. The van der Waals surface area contributed by atoms with Gasteiger partial charge in [-0.2, -0.15) is 0 Å². The standard InChI is InChI=1S/C10H14BrN3O/c1-7-8(11)4-5-9(13-7)12-6-10(15)14(2)3/h4-5H,6H2,1-3H3,(H,12,13).